The molecule has 0 radical (unpaired) electrons. The van der Waals surface area contributed by atoms with Crippen molar-refractivity contribution in [1.82, 2.24) is 0 Å². The Morgan fingerprint density at radius 1 is 1.36 bits per heavy atom. The van der Waals surface area contributed by atoms with E-state index in [-0.39, 0.29) is 5.97 Å². The Labute approximate surface area is 81.9 Å². The Morgan fingerprint density at radius 3 is 2.79 bits per heavy atom. The summed E-state index contributed by atoms with van der Waals surface area (Å²) < 4.78 is 10.0. The zero-order valence-corrected chi connectivity index (χ0v) is 7.82. The van der Waals surface area contributed by atoms with Crippen LogP contribution in [0.25, 0.3) is 5.57 Å². The number of cyclic esters (lactones) is 1. The van der Waals surface area contributed by atoms with Crippen molar-refractivity contribution in [3.05, 3.63) is 35.9 Å². The van der Waals surface area contributed by atoms with Crippen LogP contribution in [0.5, 0.6) is 5.75 Å². The molecule has 0 aliphatic carbocycles. The second-order valence-corrected chi connectivity index (χ2v) is 2.98. The molecule has 72 valence electrons. The molecule has 0 fully saturated rings. The van der Waals surface area contributed by atoms with Crippen molar-refractivity contribution in [2.75, 3.05) is 13.7 Å². The molecule has 0 saturated carbocycles. The molecule has 2 rings (SSSR count). The summed E-state index contributed by atoms with van der Waals surface area (Å²) in [5, 5.41) is 0. The van der Waals surface area contributed by atoms with Gasteiger partial charge in [0.15, 0.2) is 0 Å². The van der Waals surface area contributed by atoms with Gasteiger partial charge in [-0.25, -0.2) is 4.79 Å². The average molecular weight is 190 g/mol. The minimum Gasteiger partial charge on any atom is -0.496 e. The van der Waals surface area contributed by atoms with Crippen LogP contribution in [0, 0.1) is 0 Å². The summed E-state index contributed by atoms with van der Waals surface area (Å²) >= 11 is 0. The Morgan fingerprint density at radius 2 is 2.14 bits per heavy atom. The molecule has 0 unspecified atom stereocenters. The lowest BCUT2D eigenvalue weighted by atomic mass is 10.1. The van der Waals surface area contributed by atoms with E-state index in [1.54, 1.807) is 7.11 Å². The first-order valence-corrected chi connectivity index (χ1v) is 4.32. The Balaban J connectivity index is 2.41. The molecule has 0 bridgehead atoms. The summed E-state index contributed by atoms with van der Waals surface area (Å²) in [5.74, 6) is 0.475. The van der Waals surface area contributed by atoms with E-state index in [1.165, 1.54) is 6.08 Å². The minimum atomic E-state index is -0.286. The summed E-state index contributed by atoms with van der Waals surface area (Å²) in [5.41, 5.74) is 1.79. The lowest BCUT2D eigenvalue weighted by Gasteiger charge is -2.07. The Bertz CT molecular complexity index is 393. The molecule has 0 spiro atoms. The van der Waals surface area contributed by atoms with Crippen molar-refractivity contribution in [2.24, 2.45) is 0 Å². The number of ether oxygens (including phenoxy) is 2. The summed E-state index contributed by atoms with van der Waals surface area (Å²) in [6.07, 6.45) is 1.50. The maximum atomic E-state index is 10.9. The van der Waals surface area contributed by atoms with E-state index >= 15 is 0 Å². The first-order valence-electron chi connectivity index (χ1n) is 4.32. The fourth-order valence-corrected chi connectivity index (χ4v) is 1.44. The van der Waals surface area contributed by atoms with Gasteiger partial charge in [-0.1, -0.05) is 18.2 Å². The Kier molecular flexibility index (Phi) is 2.23. The van der Waals surface area contributed by atoms with E-state index < -0.39 is 0 Å². The number of carbonyl (C=O) groups is 1. The van der Waals surface area contributed by atoms with Crippen LogP contribution in [-0.4, -0.2) is 19.7 Å². The first-order chi connectivity index (χ1) is 6.81. The average Bonchev–Trinajstić information content (AvgIpc) is 2.65. The van der Waals surface area contributed by atoms with Gasteiger partial charge < -0.3 is 9.47 Å². The van der Waals surface area contributed by atoms with Crippen molar-refractivity contribution < 1.29 is 14.3 Å². The second kappa shape index (κ2) is 3.54. The summed E-state index contributed by atoms with van der Waals surface area (Å²) in [4.78, 5) is 10.9. The van der Waals surface area contributed by atoms with E-state index in [2.05, 4.69) is 0 Å². The number of esters is 1. The fourth-order valence-electron chi connectivity index (χ4n) is 1.44. The van der Waals surface area contributed by atoms with Gasteiger partial charge in [-0.15, -0.1) is 0 Å². The highest BCUT2D eigenvalue weighted by atomic mass is 16.5. The van der Waals surface area contributed by atoms with Crippen molar-refractivity contribution in [1.29, 1.82) is 0 Å². The minimum absolute atomic E-state index is 0.286. The van der Waals surface area contributed by atoms with Gasteiger partial charge >= 0.3 is 5.97 Å². The van der Waals surface area contributed by atoms with Gasteiger partial charge in [0.2, 0.25) is 0 Å². The number of carbonyl (C=O) groups excluding carboxylic acids is 1. The fraction of sp³-hybridized carbons (Fsp3) is 0.182. The van der Waals surface area contributed by atoms with Crippen LogP contribution in [0.15, 0.2) is 30.3 Å². The molecule has 1 heterocycles. The number of methoxy groups -OCH3 is 1. The third kappa shape index (κ3) is 1.48. The van der Waals surface area contributed by atoms with Crippen LogP contribution >= 0.6 is 0 Å². The quantitative estimate of drug-likeness (QED) is 0.665. The largest absolute Gasteiger partial charge is 0.496 e. The number of hydrogen-bond acceptors (Lipinski definition) is 3. The van der Waals surface area contributed by atoms with Gasteiger partial charge in [-0.3, -0.25) is 0 Å². The molecule has 0 aromatic heterocycles. The maximum absolute atomic E-state index is 10.9. The van der Waals surface area contributed by atoms with Crippen LogP contribution in [0.1, 0.15) is 5.56 Å². The first kappa shape index (κ1) is 8.81. The normalized spacial score (nSPS) is 14.9. The second-order valence-electron chi connectivity index (χ2n) is 2.98. The maximum Gasteiger partial charge on any atom is 0.331 e. The molecule has 1 aliphatic heterocycles. The molecule has 3 nitrogen and oxygen atoms in total. The molecule has 1 aromatic carbocycles. The smallest absolute Gasteiger partial charge is 0.331 e. The zero-order valence-electron chi connectivity index (χ0n) is 7.82. The predicted molar refractivity (Wildman–Crippen MR) is 51.9 cm³/mol. The molecule has 0 amide bonds. The highest BCUT2D eigenvalue weighted by Gasteiger charge is 2.16. The van der Waals surface area contributed by atoms with E-state index in [0.717, 1.165) is 16.9 Å². The topological polar surface area (TPSA) is 35.5 Å². The molecular formula is C11H10O3. The van der Waals surface area contributed by atoms with Crippen molar-refractivity contribution in [3.8, 4) is 5.75 Å². The number of para-hydroxylation sites is 1. The van der Waals surface area contributed by atoms with Crippen molar-refractivity contribution >= 4 is 11.5 Å². The van der Waals surface area contributed by atoms with Crippen LogP contribution in [0.3, 0.4) is 0 Å². The van der Waals surface area contributed by atoms with Crippen LogP contribution in [0.4, 0.5) is 0 Å². The molecule has 0 atom stereocenters. The highest BCUT2D eigenvalue weighted by molar-refractivity contribution is 5.96. The van der Waals surface area contributed by atoms with Gasteiger partial charge in [0.1, 0.15) is 12.4 Å². The molecule has 0 N–H and O–H groups in total. The molecule has 3 heteroatoms. The van der Waals surface area contributed by atoms with Gasteiger partial charge in [0.25, 0.3) is 0 Å². The van der Waals surface area contributed by atoms with E-state index in [1.807, 2.05) is 24.3 Å². The van der Waals surface area contributed by atoms with Crippen LogP contribution < -0.4 is 4.74 Å². The summed E-state index contributed by atoms with van der Waals surface area (Å²) in [6, 6.07) is 7.56. The molecule has 1 aromatic rings. The van der Waals surface area contributed by atoms with Crippen molar-refractivity contribution in [3.63, 3.8) is 0 Å². The van der Waals surface area contributed by atoms with E-state index in [0.29, 0.717) is 6.61 Å². The number of benzene rings is 1. The van der Waals surface area contributed by atoms with Crippen LogP contribution in [0.2, 0.25) is 0 Å². The highest BCUT2D eigenvalue weighted by Crippen LogP contribution is 2.28. The van der Waals surface area contributed by atoms with Gasteiger partial charge in [-0.2, -0.15) is 0 Å². The molecule has 0 saturated heterocycles. The number of rotatable bonds is 2. The van der Waals surface area contributed by atoms with Gasteiger partial charge in [0.05, 0.1) is 7.11 Å². The van der Waals surface area contributed by atoms with Crippen molar-refractivity contribution in [2.45, 2.75) is 0 Å². The third-order valence-corrected chi connectivity index (χ3v) is 2.11. The predicted octanol–water partition coefficient (Wildman–Crippen LogP) is 1.64. The standard InChI is InChI=1S/C11H10O3/c1-13-10-5-3-2-4-9(10)8-6-11(12)14-7-8/h2-6H,7H2,1H3. The molecule has 14 heavy (non-hydrogen) atoms. The molecular weight excluding hydrogens is 180 g/mol. The van der Waals surface area contributed by atoms with Gasteiger partial charge in [0, 0.05) is 17.2 Å². The lowest BCUT2D eigenvalue weighted by Crippen LogP contribution is -1.93. The monoisotopic (exact) mass is 190 g/mol. The third-order valence-electron chi connectivity index (χ3n) is 2.11. The lowest BCUT2D eigenvalue weighted by molar-refractivity contribution is -0.134. The van der Waals surface area contributed by atoms with Gasteiger partial charge in [-0.05, 0) is 6.07 Å². The molecule has 1 aliphatic rings. The summed E-state index contributed by atoms with van der Waals surface area (Å²) in [6.45, 7) is 0.333. The van der Waals surface area contributed by atoms with E-state index in [4.69, 9.17) is 9.47 Å². The zero-order chi connectivity index (χ0) is 9.97. The Hall–Kier alpha value is -1.77. The van der Waals surface area contributed by atoms with E-state index in [9.17, 15) is 4.79 Å². The number of hydrogen-bond donors (Lipinski definition) is 0. The summed E-state index contributed by atoms with van der Waals surface area (Å²) in [7, 11) is 1.61. The van der Waals surface area contributed by atoms with Crippen LogP contribution in [-0.2, 0) is 9.53 Å². The SMILES string of the molecule is COc1ccccc1C1=CC(=O)OC1.